The standard InChI is InChI=1S/C11H16ClFN2/c1-4-15(7-8(2)3)11-10(13)5-9(12)6-14-11/h5-6,8H,4,7H2,1-3H3. The molecule has 0 saturated heterocycles. The molecule has 0 atom stereocenters. The van der Waals surface area contributed by atoms with Crippen molar-refractivity contribution in [1.29, 1.82) is 0 Å². The van der Waals surface area contributed by atoms with E-state index in [1.54, 1.807) is 0 Å². The molecule has 1 aromatic rings. The minimum Gasteiger partial charge on any atom is -0.354 e. The molecule has 0 saturated carbocycles. The number of nitrogens with zero attached hydrogens (tertiary/aromatic N) is 2. The number of halogens is 2. The molecule has 0 aromatic carbocycles. The lowest BCUT2D eigenvalue weighted by atomic mass is 10.2. The van der Waals surface area contributed by atoms with E-state index in [1.807, 2.05) is 11.8 Å². The van der Waals surface area contributed by atoms with Crippen LogP contribution >= 0.6 is 11.6 Å². The molecule has 0 N–H and O–H groups in total. The Morgan fingerprint density at radius 2 is 2.20 bits per heavy atom. The van der Waals surface area contributed by atoms with Crippen molar-refractivity contribution in [2.24, 2.45) is 5.92 Å². The summed E-state index contributed by atoms with van der Waals surface area (Å²) in [5.74, 6) is 0.502. The predicted molar refractivity (Wildman–Crippen MR) is 61.9 cm³/mol. The van der Waals surface area contributed by atoms with Crippen LogP contribution in [-0.2, 0) is 0 Å². The Balaban J connectivity index is 2.91. The van der Waals surface area contributed by atoms with Gasteiger partial charge < -0.3 is 4.90 Å². The largest absolute Gasteiger partial charge is 0.354 e. The molecule has 1 heterocycles. The van der Waals surface area contributed by atoms with Gasteiger partial charge in [-0.3, -0.25) is 0 Å². The highest BCUT2D eigenvalue weighted by molar-refractivity contribution is 6.30. The fraction of sp³-hybridized carbons (Fsp3) is 0.545. The molecule has 0 aliphatic heterocycles. The highest BCUT2D eigenvalue weighted by atomic mass is 35.5. The third-order valence-electron chi connectivity index (χ3n) is 2.06. The van der Waals surface area contributed by atoms with Gasteiger partial charge in [0.15, 0.2) is 11.6 Å². The van der Waals surface area contributed by atoms with Gasteiger partial charge in [0, 0.05) is 19.3 Å². The Labute approximate surface area is 95.1 Å². The molecule has 0 radical (unpaired) electrons. The van der Waals surface area contributed by atoms with Crippen LogP contribution in [0.1, 0.15) is 20.8 Å². The van der Waals surface area contributed by atoms with Gasteiger partial charge in [-0.05, 0) is 18.9 Å². The summed E-state index contributed by atoms with van der Waals surface area (Å²) < 4.78 is 13.5. The van der Waals surface area contributed by atoms with Gasteiger partial charge in [-0.1, -0.05) is 25.4 Å². The van der Waals surface area contributed by atoms with Crippen molar-refractivity contribution in [2.75, 3.05) is 18.0 Å². The van der Waals surface area contributed by atoms with Gasteiger partial charge in [0.25, 0.3) is 0 Å². The minimum atomic E-state index is -0.356. The first-order chi connectivity index (χ1) is 7.04. The van der Waals surface area contributed by atoms with E-state index in [1.165, 1.54) is 12.3 Å². The van der Waals surface area contributed by atoms with E-state index in [4.69, 9.17) is 11.6 Å². The molecule has 0 fully saturated rings. The number of hydrogen-bond acceptors (Lipinski definition) is 2. The summed E-state index contributed by atoms with van der Waals surface area (Å²) in [4.78, 5) is 5.93. The summed E-state index contributed by atoms with van der Waals surface area (Å²) in [7, 11) is 0. The molecule has 15 heavy (non-hydrogen) atoms. The molecule has 0 aliphatic carbocycles. The zero-order valence-corrected chi connectivity index (χ0v) is 10.1. The van der Waals surface area contributed by atoms with Gasteiger partial charge in [0.1, 0.15) is 0 Å². The van der Waals surface area contributed by atoms with Crippen molar-refractivity contribution < 1.29 is 4.39 Å². The highest BCUT2D eigenvalue weighted by Crippen LogP contribution is 2.20. The maximum atomic E-state index is 13.5. The first kappa shape index (κ1) is 12.2. The van der Waals surface area contributed by atoms with E-state index in [0.29, 0.717) is 16.8 Å². The Morgan fingerprint density at radius 3 is 2.67 bits per heavy atom. The maximum absolute atomic E-state index is 13.5. The normalized spacial score (nSPS) is 10.8. The third kappa shape index (κ3) is 3.34. The van der Waals surface area contributed by atoms with E-state index in [9.17, 15) is 4.39 Å². The molecule has 1 aromatic heterocycles. The second-order valence-electron chi connectivity index (χ2n) is 3.89. The number of rotatable bonds is 4. The predicted octanol–water partition coefficient (Wildman–Crippen LogP) is 3.36. The summed E-state index contributed by atoms with van der Waals surface area (Å²) in [5, 5.41) is 0.330. The Bertz CT molecular complexity index is 328. The molecule has 4 heteroatoms. The zero-order chi connectivity index (χ0) is 11.4. The van der Waals surface area contributed by atoms with Gasteiger partial charge >= 0.3 is 0 Å². The van der Waals surface area contributed by atoms with Crippen LogP contribution in [0, 0.1) is 11.7 Å². The maximum Gasteiger partial charge on any atom is 0.167 e. The SMILES string of the molecule is CCN(CC(C)C)c1ncc(Cl)cc1F. The number of hydrogen-bond donors (Lipinski definition) is 0. The Kier molecular flexibility index (Phi) is 4.33. The van der Waals surface area contributed by atoms with Crippen molar-refractivity contribution in [3.63, 3.8) is 0 Å². The monoisotopic (exact) mass is 230 g/mol. The van der Waals surface area contributed by atoms with Crippen molar-refractivity contribution in [2.45, 2.75) is 20.8 Å². The van der Waals surface area contributed by atoms with Crippen LogP contribution in [-0.4, -0.2) is 18.1 Å². The van der Waals surface area contributed by atoms with Crippen molar-refractivity contribution in [3.8, 4) is 0 Å². The molecular formula is C11H16ClFN2. The molecule has 2 nitrogen and oxygen atoms in total. The van der Waals surface area contributed by atoms with E-state index < -0.39 is 0 Å². The highest BCUT2D eigenvalue weighted by Gasteiger charge is 2.13. The van der Waals surface area contributed by atoms with E-state index in [-0.39, 0.29) is 5.82 Å². The third-order valence-corrected chi connectivity index (χ3v) is 2.26. The van der Waals surface area contributed by atoms with Crippen LogP contribution in [0.2, 0.25) is 5.02 Å². The van der Waals surface area contributed by atoms with Gasteiger partial charge in [-0.25, -0.2) is 9.37 Å². The van der Waals surface area contributed by atoms with Crippen molar-refractivity contribution in [1.82, 2.24) is 4.98 Å². The Hall–Kier alpha value is -0.830. The van der Waals surface area contributed by atoms with Gasteiger partial charge in [-0.2, -0.15) is 0 Å². The first-order valence-corrected chi connectivity index (χ1v) is 5.48. The lowest BCUT2D eigenvalue weighted by molar-refractivity contribution is 0.578. The molecule has 0 aliphatic rings. The van der Waals surface area contributed by atoms with Gasteiger partial charge in [-0.15, -0.1) is 0 Å². The van der Waals surface area contributed by atoms with Crippen LogP contribution in [0.4, 0.5) is 10.2 Å². The quantitative estimate of drug-likeness (QED) is 0.789. The molecule has 0 amide bonds. The second-order valence-corrected chi connectivity index (χ2v) is 4.33. The fourth-order valence-corrected chi connectivity index (χ4v) is 1.59. The molecule has 0 unspecified atom stereocenters. The van der Waals surface area contributed by atoms with Gasteiger partial charge in [0.2, 0.25) is 0 Å². The smallest absolute Gasteiger partial charge is 0.167 e. The minimum absolute atomic E-state index is 0.330. The first-order valence-electron chi connectivity index (χ1n) is 5.10. The zero-order valence-electron chi connectivity index (χ0n) is 9.30. The number of anilines is 1. The molecule has 84 valence electrons. The molecule has 0 bridgehead atoms. The average Bonchev–Trinajstić information content (AvgIpc) is 2.14. The second kappa shape index (κ2) is 5.31. The summed E-state index contributed by atoms with van der Waals surface area (Å²) in [6, 6.07) is 1.30. The number of pyridine rings is 1. The lowest BCUT2D eigenvalue weighted by Gasteiger charge is -2.24. The summed E-state index contributed by atoms with van der Waals surface area (Å²) in [6.45, 7) is 7.71. The molecule has 1 rings (SSSR count). The Morgan fingerprint density at radius 1 is 1.53 bits per heavy atom. The summed E-state index contributed by atoms with van der Waals surface area (Å²) in [5.41, 5.74) is 0. The average molecular weight is 231 g/mol. The van der Waals surface area contributed by atoms with E-state index in [0.717, 1.165) is 13.1 Å². The van der Waals surface area contributed by atoms with E-state index in [2.05, 4.69) is 18.8 Å². The van der Waals surface area contributed by atoms with E-state index >= 15 is 0 Å². The topological polar surface area (TPSA) is 16.1 Å². The summed E-state index contributed by atoms with van der Waals surface area (Å²) >= 11 is 5.65. The van der Waals surface area contributed by atoms with Crippen LogP contribution in [0.3, 0.4) is 0 Å². The van der Waals surface area contributed by atoms with Crippen LogP contribution in [0.15, 0.2) is 12.3 Å². The van der Waals surface area contributed by atoms with Crippen LogP contribution < -0.4 is 4.90 Å². The van der Waals surface area contributed by atoms with Crippen molar-refractivity contribution >= 4 is 17.4 Å². The van der Waals surface area contributed by atoms with Crippen molar-refractivity contribution in [3.05, 3.63) is 23.1 Å². The molecular weight excluding hydrogens is 215 g/mol. The fourth-order valence-electron chi connectivity index (χ4n) is 1.45. The van der Waals surface area contributed by atoms with Crippen LogP contribution in [0.5, 0.6) is 0 Å². The lowest BCUT2D eigenvalue weighted by Crippen LogP contribution is -2.28. The molecule has 0 spiro atoms. The summed E-state index contributed by atoms with van der Waals surface area (Å²) in [6.07, 6.45) is 1.48. The number of aromatic nitrogens is 1. The van der Waals surface area contributed by atoms with Gasteiger partial charge in [0.05, 0.1) is 5.02 Å². The van der Waals surface area contributed by atoms with Crippen LogP contribution in [0.25, 0.3) is 0 Å².